The molecule has 0 N–H and O–H groups in total. The molecule has 0 bridgehead atoms. The third-order valence-electron chi connectivity index (χ3n) is 4.81. The summed E-state index contributed by atoms with van der Waals surface area (Å²) in [6.45, 7) is 4.09. The molecule has 1 aliphatic rings. The lowest BCUT2D eigenvalue weighted by atomic mass is 10.1. The van der Waals surface area contributed by atoms with Crippen molar-refractivity contribution >= 4 is 5.91 Å². The fourth-order valence-electron chi connectivity index (χ4n) is 3.29. The van der Waals surface area contributed by atoms with Gasteiger partial charge >= 0.3 is 0 Å². The minimum absolute atomic E-state index is 0.0170. The molecule has 2 aromatic carbocycles. The van der Waals surface area contributed by atoms with E-state index in [1.54, 1.807) is 12.1 Å². The van der Waals surface area contributed by atoms with E-state index in [-0.39, 0.29) is 11.7 Å². The van der Waals surface area contributed by atoms with Gasteiger partial charge in [0, 0.05) is 37.0 Å². The smallest absolute Gasteiger partial charge is 0.270 e. The van der Waals surface area contributed by atoms with Gasteiger partial charge in [-0.2, -0.15) is 0 Å². The van der Waals surface area contributed by atoms with Crippen molar-refractivity contribution in [1.29, 1.82) is 0 Å². The maximum atomic E-state index is 13.3. The van der Waals surface area contributed by atoms with E-state index in [0.29, 0.717) is 24.3 Å². The van der Waals surface area contributed by atoms with Crippen molar-refractivity contribution in [3.8, 4) is 11.8 Å². The van der Waals surface area contributed by atoms with Gasteiger partial charge in [-0.05, 0) is 42.3 Å². The second-order valence-corrected chi connectivity index (χ2v) is 6.72. The van der Waals surface area contributed by atoms with Gasteiger partial charge in [-0.3, -0.25) is 4.79 Å². The van der Waals surface area contributed by atoms with Crippen LogP contribution < -0.4 is 0 Å². The van der Waals surface area contributed by atoms with Gasteiger partial charge in [0.25, 0.3) is 5.91 Å². The summed E-state index contributed by atoms with van der Waals surface area (Å²) in [7, 11) is 0. The van der Waals surface area contributed by atoms with Crippen LogP contribution in [0.15, 0.2) is 60.8 Å². The van der Waals surface area contributed by atoms with Crippen molar-refractivity contribution in [1.82, 2.24) is 9.47 Å². The molecule has 2 heterocycles. The summed E-state index contributed by atoms with van der Waals surface area (Å²) in [5.41, 5.74) is 4.38. The SMILES string of the molecule is Cc1ccccc1CN1CCn2cc(C#Cc3cccc(F)c3)cc2C1=O. The van der Waals surface area contributed by atoms with Crippen molar-refractivity contribution in [3.05, 3.63) is 94.6 Å². The standard InChI is InChI=1S/C23H19FN2O/c1-17-5-2-3-7-20(17)16-26-12-11-25-15-19(14-22(25)23(26)27)10-9-18-6-4-8-21(24)13-18/h2-8,13-15H,11-12,16H2,1H3. The zero-order valence-electron chi connectivity index (χ0n) is 15.1. The molecular weight excluding hydrogens is 339 g/mol. The van der Waals surface area contributed by atoms with Gasteiger partial charge in [-0.1, -0.05) is 42.2 Å². The zero-order chi connectivity index (χ0) is 18.8. The van der Waals surface area contributed by atoms with Gasteiger partial charge in [0.15, 0.2) is 0 Å². The first kappa shape index (κ1) is 17.1. The second kappa shape index (κ2) is 7.13. The van der Waals surface area contributed by atoms with Crippen LogP contribution >= 0.6 is 0 Å². The summed E-state index contributed by atoms with van der Waals surface area (Å²) < 4.78 is 15.2. The van der Waals surface area contributed by atoms with Crippen molar-refractivity contribution in [2.24, 2.45) is 0 Å². The molecule has 0 atom stereocenters. The Kier molecular flexibility index (Phi) is 4.52. The summed E-state index contributed by atoms with van der Waals surface area (Å²) in [4.78, 5) is 14.7. The number of hydrogen-bond donors (Lipinski definition) is 0. The van der Waals surface area contributed by atoms with Crippen LogP contribution in [-0.4, -0.2) is 21.9 Å². The highest BCUT2D eigenvalue weighted by Gasteiger charge is 2.25. The highest BCUT2D eigenvalue weighted by atomic mass is 19.1. The number of fused-ring (bicyclic) bond motifs is 1. The number of rotatable bonds is 2. The maximum Gasteiger partial charge on any atom is 0.270 e. The van der Waals surface area contributed by atoms with Crippen LogP contribution in [-0.2, 0) is 13.1 Å². The summed E-state index contributed by atoms with van der Waals surface area (Å²) in [5, 5.41) is 0. The molecule has 4 rings (SSSR count). The number of carbonyl (C=O) groups excluding carboxylic acids is 1. The Labute approximate surface area is 158 Å². The molecule has 1 aromatic heterocycles. The van der Waals surface area contributed by atoms with Crippen molar-refractivity contribution in [3.63, 3.8) is 0 Å². The van der Waals surface area contributed by atoms with E-state index in [1.165, 1.54) is 17.7 Å². The Balaban J connectivity index is 1.55. The normalized spacial score (nSPS) is 13.1. The first-order valence-electron chi connectivity index (χ1n) is 8.92. The second-order valence-electron chi connectivity index (χ2n) is 6.72. The summed E-state index contributed by atoms with van der Waals surface area (Å²) in [5.74, 6) is 5.70. The molecule has 0 spiro atoms. The van der Waals surface area contributed by atoms with Gasteiger partial charge in [-0.15, -0.1) is 0 Å². The molecule has 0 saturated heterocycles. The molecule has 3 aromatic rings. The largest absolute Gasteiger partial charge is 0.340 e. The minimum atomic E-state index is -0.306. The van der Waals surface area contributed by atoms with Crippen molar-refractivity contribution < 1.29 is 9.18 Å². The Morgan fingerprint density at radius 2 is 1.81 bits per heavy atom. The van der Waals surface area contributed by atoms with Gasteiger partial charge in [0.2, 0.25) is 0 Å². The monoisotopic (exact) mass is 358 g/mol. The van der Waals surface area contributed by atoms with Gasteiger partial charge < -0.3 is 9.47 Å². The number of nitrogens with zero attached hydrogens (tertiary/aromatic N) is 2. The number of amides is 1. The van der Waals surface area contributed by atoms with Gasteiger partial charge in [0.05, 0.1) is 0 Å². The predicted octanol–water partition coefficient (Wildman–Crippen LogP) is 3.99. The lowest BCUT2D eigenvalue weighted by molar-refractivity contribution is 0.0690. The molecule has 0 radical (unpaired) electrons. The molecular formula is C23H19FN2O. The number of aryl methyl sites for hydroxylation is 1. The van der Waals surface area contributed by atoms with Crippen LogP contribution in [0.4, 0.5) is 4.39 Å². The molecule has 0 unspecified atom stereocenters. The van der Waals surface area contributed by atoms with Crippen LogP contribution in [0.2, 0.25) is 0 Å². The predicted molar refractivity (Wildman–Crippen MR) is 103 cm³/mol. The molecule has 3 nitrogen and oxygen atoms in total. The topological polar surface area (TPSA) is 25.2 Å². The first-order valence-corrected chi connectivity index (χ1v) is 8.92. The lowest BCUT2D eigenvalue weighted by Crippen LogP contribution is -2.39. The Hall–Kier alpha value is -3.32. The first-order chi connectivity index (χ1) is 13.1. The van der Waals surface area contributed by atoms with Crippen molar-refractivity contribution in [2.45, 2.75) is 20.0 Å². The van der Waals surface area contributed by atoms with Gasteiger partial charge in [0.1, 0.15) is 11.5 Å². The maximum absolute atomic E-state index is 13.3. The van der Waals surface area contributed by atoms with E-state index < -0.39 is 0 Å². The molecule has 1 amide bonds. The minimum Gasteiger partial charge on any atom is -0.340 e. The molecule has 0 aliphatic carbocycles. The fraction of sp³-hybridized carbons (Fsp3) is 0.174. The molecule has 0 fully saturated rings. The average Bonchev–Trinajstić information content (AvgIpc) is 3.08. The number of carbonyl (C=O) groups is 1. The summed E-state index contributed by atoms with van der Waals surface area (Å²) in [6, 6.07) is 16.1. The molecule has 27 heavy (non-hydrogen) atoms. The van der Waals surface area contributed by atoms with Crippen LogP contribution in [0.1, 0.15) is 32.7 Å². The number of hydrogen-bond acceptors (Lipinski definition) is 1. The number of aromatic nitrogens is 1. The summed E-state index contributed by atoms with van der Waals surface area (Å²) in [6.07, 6.45) is 1.89. The quantitative estimate of drug-likeness (QED) is 0.636. The Bertz CT molecular complexity index is 1070. The van der Waals surface area contributed by atoms with Crippen LogP contribution in [0, 0.1) is 24.6 Å². The third-order valence-corrected chi connectivity index (χ3v) is 4.81. The van der Waals surface area contributed by atoms with Crippen LogP contribution in [0.5, 0.6) is 0 Å². The Morgan fingerprint density at radius 3 is 2.63 bits per heavy atom. The van der Waals surface area contributed by atoms with Crippen LogP contribution in [0.3, 0.4) is 0 Å². The van der Waals surface area contributed by atoms with E-state index in [0.717, 1.165) is 17.7 Å². The van der Waals surface area contributed by atoms with Crippen molar-refractivity contribution in [2.75, 3.05) is 6.54 Å². The zero-order valence-corrected chi connectivity index (χ0v) is 15.1. The van der Waals surface area contributed by atoms with E-state index in [9.17, 15) is 9.18 Å². The Morgan fingerprint density at radius 1 is 1.00 bits per heavy atom. The third kappa shape index (κ3) is 3.63. The molecule has 1 aliphatic heterocycles. The van der Waals surface area contributed by atoms with E-state index in [1.807, 2.05) is 33.9 Å². The summed E-state index contributed by atoms with van der Waals surface area (Å²) >= 11 is 0. The number of benzene rings is 2. The van der Waals surface area contributed by atoms with Crippen LogP contribution in [0.25, 0.3) is 0 Å². The fourth-order valence-corrected chi connectivity index (χ4v) is 3.29. The highest BCUT2D eigenvalue weighted by molar-refractivity contribution is 5.94. The van der Waals surface area contributed by atoms with E-state index >= 15 is 0 Å². The average molecular weight is 358 g/mol. The molecule has 4 heteroatoms. The number of halogens is 1. The van der Waals surface area contributed by atoms with E-state index in [4.69, 9.17) is 0 Å². The van der Waals surface area contributed by atoms with Gasteiger partial charge in [-0.25, -0.2) is 4.39 Å². The molecule has 134 valence electrons. The molecule has 0 saturated carbocycles. The lowest BCUT2D eigenvalue weighted by Gasteiger charge is -2.28. The van der Waals surface area contributed by atoms with E-state index in [2.05, 4.69) is 30.9 Å². The highest BCUT2D eigenvalue weighted by Crippen LogP contribution is 2.19.